The molecule has 1 unspecified atom stereocenters. The molecule has 120 valence electrons. The molecule has 1 aromatic rings. The van der Waals surface area contributed by atoms with E-state index in [-0.39, 0.29) is 6.04 Å². The van der Waals surface area contributed by atoms with Crippen LogP contribution in [0.5, 0.6) is 0 Å². The van der Waals surface area contributed by atoms with Gasteiger partial charge in [-0.15, -0.1) is 0 Å². The van der Waals surface area contributed by atoms with E-state index in [1.165, 1.54) is 5.56 Å². The van der Waals surface area contributed by atoms with Crippen LogP contribution in [0.25, 0.3) is 5.70 Å². The minimum Gasteiger partial charge on any atom is -0.362 e. The van der Waals surface area contributed by atoms with Gasteiger partial charge in [0.15, 0.2) is 0 Å². The van der Waals surface area contributed by atoms with Crippen LogP contribution in [-0.4, -0.2) is 23.8 Å². The molecule has 2 heterocycles. The average Bonchev–Trinajstić information content (AvgIpc) is 2.49. The van der Waals surface area contributed by atoms with Gasteiger partial charge in [-0.1, -0.05) is 31.9 Å². The van der Waals surface area contributed by atoms with E-state index < -0.39 is 0 Å². The highest BCUT2D eigenvalue weighted by Gasteiger charge is 2.32. The zero-order valence-electron chi connectivity index (χ0n) is 13.9. The minimum absolute atomic E-state index is 0.160. The molecule has 2 N–H and O–H groups in total. The molecule has 0 spiro atoms. The Kier molecular flexibility index (Phi) is 4.09. The van der Waals surface area contributed by atoms with Crippen molar-refractivity contribution in [3.8, 4) is 0 Å². The number of hydrogen-bond donors (Lipinski definition) is 2. The van der Waals surface area contributed by atoms with Gasteiger partial charge in [0.1, 0.15) is 5.84 Å². The third-order valence-corrected chi connectivity index (χ3v) is 4.48. The first-order valence-electron chi connectivity index (χ1n) is 7.96. The van der Waals surface area contributed by atoms with Crippen molar-refractivity contribution in [1.29, 1.82) is 0 Å². The number of amidine groups is 1. The molecule has 3 rings (SSSR count). The maximum absolute atomic E-state index is 4.81. The van der Waals surface area contributed by atoms with Crippen LogP contribution >= 0.6 is 0 Å². The summed E-state index contributed by atoms with van der Waals surface area (Å²) in [5, 5.41) is 6.52. The van der Waals surface area contributed by atoms with Crippen LogP contribution < -0.4 is 10.6 Å². The van der Waals surface area contributed by atoms with Crippen molar-refractivity contribution in [2.24, 2.45) is 4.99 Å². The zero-order chi connectivity index (χ0) is 16.6. The van der Waals surface area contributed by atoms with Crippen molar-refractivity contribution in [3.05, 3.63) is 60.5 Å². The first-order chi connectivity index (χ1) is 11.0. The molecule has 0 saturated carbocycles. The van der Waals surface area contributed by atoms with Crippen LogP contribution in [0.3, 0.4) is 0 Å². The van der Waals surface area contributed by atoms with Gasteiger partial charge in [-0.05, 0) is 38.4 Å². The molecule has 0 aliphatic carbocycles. The Hall–Kier alpha value is -2.33. The van der Waals surface area contributed by atoms with Gasteiger partial charge in [0.25, 0.3) is 0 Å². The average molecular weight is 308 g/mol. The van der Waals surface area contributed by atoms with Crippen LogP contribution in [0.1, 0.15) is 30.9 Å². The molecular weight excluding hydrogens is 284 g/mol. The summed E-state index contributed by atoms with van der Waals surface area (Å²) in [6.07, 6.45) is 1.91. The highest BCUT2D eigenvalue weighted by atomic mass is 15.3. The summed E-state index contributed by atoms with van der Waals surface area (Å²) in [4.78, 5) is 7.02. The maximum atomic E-state index is 4.81. The van der Waals surface area contributed by atoms with Gasteiger partial charge in [0.2, 0.25) is 0 Å². The number of allylic oxidation sites excluding steroid dienone is 1. The highest BCUT2D eigenvalue weighted by molar-refractivity contribution is 5.97. The second-order valence-corrected chi connectivity index (χ2v) is 6.13. The Labute approximate surface area is 138 Å². The minimum atomic E-state index is 0.160. The van der Waals surface area contributed by atoms with E-state index >= 15 is 0 Å². The van der Waals surface area contributed by atoms with E-state index in [1.54, 1.807) is 0 Å². The number of rotatable bonds is 3. The third-order valence-electron chi connectivity index (χ3n) is 4.48. The van der Waals surface area contributed by atoms with E-state index in [9.17, 15) is 0 Å². The smallest absolute Gasteiger partial charge is 0.107 e. The lowest BCUT2D eigenvalue weighted by Gasteiger charge is -2.41. The largest absolute Gasteiger partial charge is 0.362 e. The molecule has 0 bridgehead atoms. The SMILES string of the molecule is C=C1CCC(N2C(=C)c3c(CNC)cccc3N=C2C)C(=C)N1. The van der Waals surface area contributed by atoms with Crippen molar-refractivity contribution in [1.82, 2.24) is 15.5 Å². The van der Waals surface area contributed by atoms with E-state index in [0.717, 1.165) is 53.6 Å². The van der Waals surface area contributed by atoms with Crippen LogP contribution in [0.2, 0.25) is 0 Å². The summed E-state index contributed by atoms with van der Waals surface area (Å²) in [5.41, 5.74) is 6.33. The fourth-order valence-electron chi connectivity index (χ4n) is 3.45. The number of nitrogens with one attached hydrogen (secondary N) is 2. The molecule has 4 nitrogen and oxygen atoms in total. The van der Waals surface area contributed by atoms with Crippen molar-refractivity contribution in [2.75, 3.05) is 7.05 Å². The number of piperidine rings is 1. The summed E-state index contributed by atoms with van der Waals surface area (Å²) in [7, 11) is 1.95. The molecule has 0 radical (unpaired) electrons. The number of fused-ring (bicyclic) bond motifs is 1. The Bertz CT molecular complexity index is 714. The topological polar surface area (TPSA) is 39.7 Å². The zero-order valence-corrected chi connectivity index (χ0v) is 13.9. The van der Waals surface area contributed by atoms with E-state index in [1.807, 2.05) is 14.0 Å². The lowest BCUT2D eigenvalue weighted by atomic mass is 9.95. The van der Waals surface area contributed by atoms with Gasteiger partial charge in [0, 0.05) is 29.2 Å². The standard InChI is InChI=1S/C19H24N4/c1-12-9-10-18(13(2)21-12)23-14(3)19-16(11-20-5)7-6-8-17(19)22-15(23)4/h6-8,18,20-21H,1-3,9-11H2,4-5H3. The molecular formula is C19H24N4. The van der Waals surface area contributed by atoms with Gasteiger partial charge < -0.3 is 15.5 Å². The van der Waals surface area contributed by atoms with Gasteiger partial charge in [-0.3, -0.25) is 0 Å². The molecule has 23 heavy (non-hydrogen) atoms. The van der Waals surface area contributed by atoms with Crippen molar-refractivity contribution >= 4 is 17.2 Å². The van der Waals surface area contributed by atoms with E-state index in [2.05, 4.69) is 53.5 Å². The van der Waals surface area contributed by atoms with Gasteiger partial charge in [-0.2, -0.15) is 0 Å². The van der Waals surface area contributed by atoms with Gasteiger partial charge in [-0.25, -0.2) is 4.99 Å². The first kappa shape index (κ1) is 15.6. The van der Waals surface area contributed by atoms with Gasteiger partial charge >= 0.3 is 0 Å². The van der Waals surface area contributed by atoms with Crippen molar-refractivity contribution in [3.63, 3.8) is 0 Å². The summed E-state index contributed by atoms with van der Waals surface area (Å²) < 4.78 is 0. The quantitative estimate of drug-likeness (QED) is 0.897. The lowest BCUT2D eigenvalue weighted by molar-refractivity contribution is 0.397. The normalized spacial score (nSPS) is 21.0. The second-order valence-electron chi connectivity index (χ2n) is 6.13. The van der Waals surface area contributed by atoms with Crippen molar-refractivity contribution < 1.29 is 0 Å². The Balaban J connectivity index is 2.01. The summed E-state index contributed by atoms with van der Waals surface area (Å²) in [6.45, 7) is 15.4. The van der Waals surface area contributed by atoms with Crippen LogP contribution in [0, 0.1) is 0 Å². The summed E-state index contributed by atoms with van der Waals surface area (Å²) >= 11 is 0. The Morgan fingerprint density at radius 2 is 2.13 bits per heavy atom. The number of hydrogen-bond acceptors (Lipinski definition) is 4. The molecule has 2 aliphatic heterocycles. The second kappa shape index (κ2) is 6.05. The molecule has 2 aliphatic rings. The predicted octanol–water partition coefficient (Wildman–Crippen LogP) is 3.52. The fourth-order valence-corrected chi connectivity index (χ4v) is 3.45. The Morgan fingerprint density at radius 3 is 2.83 bits per heavy atom. The molecule has 4 heteroatoms. The number of aliphatic imine (C=N–C) groups is 1. The number of benzene rings is 1. The van der Waals surface area contributed by atoms with Crippen molar-refractivity contribution in [2.45, 2.75) is 32.4 Å². The first-order valence-corrected chi connectivity index (χ1v) is 7.96. The number of nitrogens with zero attached hydrogens (tertiary/aromatic N) is 2. The summed E-state index contributed by atoms with van der Waals surface area (Å²) in [6, 6.07) is 6.39. The monoisotopic (exact) mass is 308 g/mol. The highest BCUT2D eigenvalue weighted by Crippen LogP contribution is 2.39. The molecule has 1 atom stereocenters. The van der Waals surface area contributed by atoms with Gasteiger partial charge in [0.05, 0.1) is 11.7 Å². The van der Waals surface area contributed by atoms with E-state index in [0.29, 0.717) is 0 Å². The predicted molar refractivity (Wildman–Crippen MR) is 97.3 cm³/mol. The Morgan fingerprint density at radius 1 is 1.35 bits per heavy atom. The molecule has 1 fully saturated rings. The molecule has 0 amide bonds. The van der Waals surface area contributed by atoms with E-state index in [4.69, 9.17) is 4.99 Å². The van der Waals surface area contributed by atoms with Crippen LogP contribution in [0.4, 0.5) is 5.69 Å². The third kappa shape index (κ3) is 2.70. The maximum Gasteiger partial charge on any atom is 0.107 e. The summed E-state index contributed by atoms with van der Waals surface area (Å²) in [5.74, 6) is 0.963. The van der Waals surface area contributed by atoms with Crippen LogP contribution in [-0.2, 0) is 6.54 Å². The van der Waals surface area contributed by atoms with Crippen LogP contribution in [0.15, 0.2) is 54.3 Å². The molecule has 1 saturated heterocycles. The molecule has 1 aromatic carbocycles. The fraction of sp³-hybridized carbons (Fsp3) is 0.316. The lowest BCUT2D eigenvalue weighted by Crippen LogP contribution is -2.45. The molecule has 0 aromatic heterocycles.